The Hall–Kier alpha value is -1.35. The second-order valence-electron chi connectivity index (χ2n) is 6.79. The van der Waals surface area contributed by atoms with E-state index < -0.39 is 0 Å². The van der Waals surface area contributed by atoms with E-state index in [4.69, 9.17) is 0 Å². The number of hydrogen-bond donors (Lipinski definition) is 1. The van der Waals surface area contributed by atoms with Crippen LogP contribution in [0.5, 0.6) is 0 Å². The maximum atomic E-state index is 9.21. The third-order valence-corrected chi connectivity index (χ3v) is 5.38. The van der Waals surface area contributed by atoms with E-state index in [1.807, 2.05) is 0 Å². The lowest BCUT2D eigenvalue weighted by Crippen LogP contribution is -2.52. The van der Waals surface area contributed by atoms with Crippen molar-refractivity contribution in [2.24, 2.45) is 11.1 Å². The number of rotatable bonds is 2. The second-order valence-corrected chi connectivity index (χ2v) is 6.79. The number of aryl methyl sites for hydroxylation is 1. The first-order valence-electron chi connectivity index (χ1n) is 7.52. The molecule has 0 amide bonds. The number of fused-ring (bicyclic) bond motifs is 2. The third kappa shape index (κ3) is 2.14. The molecule has 3 rings (SSSR count). The van der Waals surface area contributed by atoms with Crippen LogP contribution in [-0.4, -0.2) is 34.4 Å². The molecule has 0 spiro atoms. The minimum absolute atomic E-state index is 0.138. The highest BCUT2D eigenvalue weighted by Gasteiger charge is 2.52. The van der Waals surface area contributed by atoms with Crippen LogP contribution >= 0.6 is 0 Å². The number of benzene rings is 1. The second kappa shape index (κ2) is 4.88. The van der Waals surface area contributed by atoms with Gasteiger partial charge in [-0.15, -0.1) is 0 Å². The molecule has 3 nitrogen and oxygen atoms in total. The molecular formula is C17H24N2O. The van der Waals surface area contributed by atoms with Crippen LogP contribution in [0.15, 0.2) is 29.4 Å². The lowest BCUT2D eigenvalue weighted by Gasteiger charge is -2.43. The Morgan fingerprint density at radius 2 is 2.05 bits per heavy atom. The fourth-order valence-corrected chi connectivity index (χ4v) is 4.26. The highest BCUT2D eigenvalue weighted by molar-refractivity contribution is 5.87. The van der Waals surface area contributed by atoms with E-state index in [1.54, 1.807) is 0 Å². The Labute approximate surface area is 121 Å². The molecule has 3 atom stereocenters. The van der Waals surface area contributed by atoms with Crippen LogP contribution in [0.3, 0.4) is 0 Å². The summed E-state index contributed by atoms with van der Waals surface area (Å²) in [5, 5.41) is 12.8. The molecule has 2 aliphatic heterocycles. The zero-order valence-corrected chi connectivity index (χ0v) is 12.6. The first-order chi connectivity index (χ1) is 9.54. The Bertz CT molecular complexity index is 522. The van der Waals surface area contributed by atoms with Gasteiger partial charge >= 0.3 is 0 Å². The number of hydrogen-bond acceptors (Lipinski definition) is 3. The third-order valence-electron chi connectivity index (χ3n) is 5.38. The van der Waals surface area contributed by atoms with Gasteiger partial charge in [0.1, 0.15) is 0 Å². The average Bonchev–Trinajstić information content (AvgIpc) is 2.58. The highest BCUT2D eigenvalue weighted by atomic mass is 16.4. The maximum absolute atomic E-state index is 9.21. The maximum Gasteiger partial charge on any atom is 0.0605 e. The largest absolute Gasteiger partial charge is 0.411 e. The van der Waals surface area contributed by atoms with E-state index in [9.17, 15) is 5.21 Å². The van der Waals surface area contributed by atoms with Gasteiger partial charge in [0.15, 0.2) is 0 Å². The van der Waals surface area contributed by atoms with Crippen LogP contribution in [0, 0.1) is 12.8 Å². The van der Waals surface area contributed by atoms with Crippen LogP contribution in [0.4, 0.5) is 0 Å². The molecule has 0 saturated carbocycles. The Kier molecular flexibility index (Phi) is 3.33. The summed E-state index contributed by atoms with van der Waals surface area (Å²) < 4.78 is 0. The van der Waals surface area contributed by atoms with Gasteiger partial charge in [0.05, 0.1) is 5.71 Å². The van der Waals surface area contributed by atoms with Crippen molar-refractivity contribution in [2.75, 3.05) is 7.05 Å². The summed E-state index contributed by atoms with van der Waals surface area (Å²) in [6.07, 6.45) is 4.06. The van der Waals surface area contributed by atoms with E-state index in [1.165, 1.54) is 17.5 Å². The molecule has 0 aliphatic carbocycles. The SMILES string of the molecule is Cc1ccc(CC23CC(=NO)CC(C(C)C2)N3C)cc1. The van der Waals surface area contributed by atoms with Crippen molar-refractivity contribution in [1.29, 1.82) is 0 Å². The molecule has 3 heteroatoms. The van der Waals surface area contributed by atoms with Crippen molar-refractivity contribution in [3.05, 3.63) is 35.4 Å². The molecule has 1 aromatic rings. The van der Waals surface area contributed by atoms with Crippen LogP contribution in [0.2, 0.25) is 0 Å². The van der Waals surface area contributed by atoms with Gasteiger partial charge in [-0.2, -0.15) is 0 Å². The predicted molar refractivity (Wildman–Crippen MR) is 81.4 cm³/mol. The van der Waals surface area contributed by atoms with Gasteiger partial charge in [0.2, 0.25) is 0 Å². The quantitative estimate of drug-likeness (QED) is 0.662. The Morgan fingerprint density at radius 3 is 2.70 bits per heavy atom. The number of piperidine rings is 1. The van der Waals surface area contributed by atoms with Crippen molar-refractivity contribution >= 4 is 5.71 Å². The van der Waals surface area contributed by atoms with Gasteiger partial charge < -0.3 is 5.21 Å². The molecule has 1 N–H and O–H groups in total. The molecule has 2 heterocycles. The molecule has 2 bridgehead atoms. The van der Waals surface area contributed by atoms with Crippen molar-refractivity contribution in [3.8, 4) is 0 Å². The molecule has 0 aromatic heterocycles. The predicted octanol–water partition coefficient (Wildman–Crippen LogP) is 3.24. The fourth-order valence-electron chi connectivity index (χ4n) is 4.26. The van der Waals surface area contributed by atoms with Gasteiger partial charge in [0, 0.05) is 24.4 Å². The molecule has 0 radical (unpaired) electrons. The van der Waals surface area contributed by atoms with Crippen molar-refractivity contribution in [1.82, 2.24) is 4.90 Å². The molecule has 20 heavy (non-hydrogen) atoms. The van der Waals surface area contributed by atoms with Gasteiger partial charge in [-0.05, 0) is 38.3 Å². The first kappa shape index (κ1) is 13.6. The summed E-state index contributed by atoms with van der Waals surface area (Å²) in [6.45, 7) is 4.46. The van der Waals surface area contributed by atoms with E-state index >= 15 is 0 Å². The lowest BCUT2D eigenvalue weighted by molar-refractivity contribution is 0.120. The van der Waals surface area contributed by atoms with E-state index in [0.29, 0.717) is 12.0 Å². The van der Waals surface area contributed by atoms with Crippen molar-refractivity contribution in [3.63, 3.8) is 0 Å². The Morgan fingerprint density at radius 1 is 1.35 bits per heavy atom. The van der Waals surface area contributed by atoms with Crippen LogP contribution in [0.25, 0.3) is 0 Å². The Balaban J connectivity index is 1.90. The number of oxime groups is 1. The standard InChI is InChI=1S/C17H24N2O/c1-12-4-6-14(7-5-12)10-17-9-13(2)16(19(17)3)8-15(11-17)18-20/h4-7,13,16,20H,8-11H2,1-3H3. The van der Waals surface area contributed by atoms with Crippen LogP contribution in [-0.2, 0) is 6.42 Å². The van der Waals surface area contributed by atoms with Gasteiger partial charge in [-0.3, -0.25) is 4.90 Å². The smallest absolute Gasteiger partial charge is 0.0605 e. The highest BCUT2D eigenvalue weighted by Crippen LogP contribution is 2.46. The van der Waals surface area contributed by atoms with Crippen molar-refractivity contribution < 1.29 is 5.21 Å². The van der Waals surface area contributed by atoms with Crippen molar-refractivity contribution in [2.45, 2.75) is 51.1 Å². The van der Waals surface area contributed by atoms with Crippen LogP contribution in [0.1, 0.15) is 37.3 Å². The summed E-state index contributed by atoms with van der Waals surface area (Å²) in [4.78, 5) is 2.55. The summed E-state index contributed by atoms with van der Waals surface area (Å²) in [6, 6.07) is 9.37. The summed E-state index contributed by atoms with van der Waals surface area (Å²) in [7, 11) is 2.25. The molecule has 3 unspecified atom stereocenters. The van der Waals surface area contributed by atoms with Gasteiger partial charge in [0.25, 0.3) is 0 Å². The molecule has 1 aromatic carbocycles. The monoisotopic (exact) mass is 272 g/mol. The van der Waals surface area contributed by atoms with E-state index in [0.717, 1.165) is 25.0 Å². The minimum Gasteiger partial charge on any atom is -0.411 e. The van der Waals surface area contributed by atoms with E-state index in [-0.39, 0.29) is 5.54 Å². The van der Waals surface area contributed by atoms with Crippen LogP contribution < -0.4 is 0 Å². The molecule has 2 fully saturated rings. The first-order valence-corrected chi connectivity index (χ1v) is 7.52. The number of nitrogens with zero attached hydrogens (tertiary/aromatic N) is 2. The fraction of sp³-hybridized carbons (Fsp3) is 0.588. The minimum atomic E-state index is 0.138. The molecule has 108 valence electrons. The molecule has 2 saturated heterocycles. The topological polar surface area (TPSA) is 35.8 Å². The normalized spacial score (nSPS) is 35.6. The number of likely N-dealkylation sites (N-methyl/N-ethyl adjacent to an activating group) is 1. The van der Waals surface area contributed by atoms with E-state index in [2.05, 4.69) is 55.2 Å². The summed E-state index contributed by atoms with van der Waals surface area (Å²) in [5.41, 5.74) is 3.80. The zero-order chi connectivity index (χ0) is 14.3. The zero-order valence-electron chi connectivity index (χ0n) is 12.6. The lowest BCUT2D eigenvalue weighted by atomic mass is 9.81. The van der Waals surface area contributed by atoms with Gasteiger partial charge in [-0.1, -0.05) is 41.9 Å². The summed E-state index contributed by atoms with van der Waals surface area (Å²) >= 11 is 0. The van der Waals surface area contributed by atoms with Gasteiger partial charge in [-0.25, -0.2) is 0 Å². The average molecular weight is 272 g/mol. The molecular weight excluding hydrogens is 248 g/mol. The summed E-state index contributed by atoms with van der Waals surface area (Å²) in [5.74, 6) is 0.671. The molecule has 2 aliphatic rings.